The number of amides is 1. The summed E-state index contributed by atoms with van der Waals surface area (Å²) < 4.78 is 9.84. The van der Waals surface area contributed by atoms with Crippen LogP contribution in [0.2, 0.25) is 0 Å². The van der Waals surface area contributed by atoms with Gasteiger partial charge in [0, 0.05) is 6.54 Å². The maximum absolute atomic E-state index is 12.1. The fraction of sp³-hybridized carbons (Fsp3) is 0.500. The summed E-state index contributed by atoms with van der Waals surface area (Å²) in [7, 11) is 0. The van der Waals surface area contributed by atoms with E-state index in [0.29, 0.717) is 25.1 Å². The zero-order chi connectivity index (χ0) is 12.3. The van der Waals surface area contributed by atoms with Gasteiger partial charge in [0.25, 0.3) is 5.91 Å². The Labute approximate surface area is 99.3 Å². The molecule has 17 heavy (non-hydrogen) atoms. The summed E-state index contributed by atoms with van der Waals surface area (Å²) in [5, 5.41) is 0. The van der Waals surface area contributed by atoms with Crippen LogP contribution in [0.15, 0.2) is 23.0 Å². The Hall–Kier alpha value is -1.78. The van der Waals surface area contributed by atoms with Crippen LogP contribution in [0, 0.1) is 0 Å². The minimum absolute atomic E-state index is 0.172. The van der Waals surface area contributed by atoms with Gasteiger partial charge in [-0.05, 0) is 25.8 Å². The van der Waals surface area contributed by atoms with Gasteiger partial charge in [-0.2, -0.15) is 0 Å². The molecule has 1 amide bonds. The van der Waals surface area contributed by atoms with Crippen LogP contribution in [-0.2, 0) is 9.53 Å². The Bertz CT molecular complexity index is 399. The first-order valence-corrected chi connectivity index (χ1v) is 5.74. The predicted molar refractivity (Wildman–Crippen MR) is 59.4 cm³/mol. The summed E-state index contributed by atoms with van der Waals surface area (Å²) in [6.07, 6.45) is 4.33. The van der Waals surface area contributed by atoms with Crippen LogP contribution in [0.4, 0.5) is 0 Å². The Balaban J connectivity index is 2.09. The Morgan fingerprint density at radius 2 is 2.41 bits per heavy atom. The van der Waals surface area contributed by atoms with Crippen LogP contribution in [0.1, 0.15) is 30.1 Å². The van der Waals surface area contributed by atoms with Crippen LogP contribution in [0.25, 0.3) is 0 Å². The molecule has 0 radical (unpaired) electrons. The molecule has 0 saturated carbocycles. The van der Waals surface area contributed by atoms with Gasteiger partial charge in [0.2, 0.25) is 0 Å². The minimum Gasteiger partial charge on any atom is -0.472 e. The normalized spacial score (nSPS) is 19.4. The fourth-order valence-corrected chi connectivity index (χ4v) is 2.05. The first-order chi connectivity index (χ1) is 8.24. The van der Waals surface area contributed by atoms with Crippen molar-refractivity contribution in [2.24, 2.45) is 0 Å². The van der Waals surface area contributed by atoms with Crippen LogP contribution in [0.5, 0.6) is 0 Å². The van der Waals surface area contributed by atoms with Crippen molar-refractivity contribution >= 4 is 11.9 Å². The van der Waals surface area contributed by atoms with Gasteiger partial charge in [-0.3, -0.25) is 4.79 Å². The molecule has 0 spiro atoms. The molecular formula is C12H15NO4. The lowest BCUT2D eigenvalue weighted by atomic mass is 10.2. The van der Waals surface area contributed by atoms with Crippen LogP contribution in [-0.4, -0.2) is 36.0 Å². The van der Waals surface area contributed by atoms with Crippen molar-refractivity contribution in [3.05, 3.63) is 24.2 Å². The standard InChI is InChI=1S/C12H15NO4/c1-2-17-12(15)10-4-3-6-13(10)11(14)9-5-7-16-8-9/h5,7-8,10H,2-4,6H2,1H3. The first-order valence-electron chi connectivity index (χ1n) is 5.74. The molecule has 1 aromatic rings. The third-order valence-electron chi connectivity index (χ3n) is 2.84. The summed E-state index contributed by atoms with van der Waals surface area (Å²) in [4.78, 5) is 25.3. The van der Waals surface area contributed by atoms with Gasteiger partial charge in [0.05, 0.1) is 18.4 Å². The van der Waals surface area contributed by atoms with E-state index in [2.05, 4.69) is 0 Å². The van der Waals surface area contributed by atoms with Crippen molar-refractivity contribution in [2.45, 2.75) is 25.8 Å². The molecule has 0 aromatic carbocycles. The maximum Gasteiger partial charge on any atom is 0.328 e. The summed E-state index contributed by atoms with van der Waals surface area (Å²) in [5.41, 5.74) is 0.473. The average molecular weight is 237 g/mol. The monoisotopic (exact) mass is 237 g/mol. The highest BCUT2D eigenvalue weighted by Crippen LogP contribution is 2.21. The highest BCUT2D eigenvalue weighted by Gasteiger charge is 2.35. The van der Waals surface area contributed by atoms with Gasteiger partial charge in [-0.1, -0.05) is 0 Å². The molecule has 5 heteroatoms. The van der Waals surface area contributed by atoms with E-state index in [4.69, 9.17) is 9.15 Å². The van der Waals surface area contributed by atoms with Crippen molar-refractivity contribution in [3.63, 3.8) is 0 Å². The molecule has 1 saturated heterocycles. The lowest BCUT2D eigenvalue weighted by Gasteiger charge is -2.22. The molecule has 1 fully saturated rings. The zero-order valence-electron chi connectivity index (χ0n) is 9.72. The van der Waals surface area contributed by atoms with Crippen molar-refractivity contribution in [2.75, 3.05) is 13.2 Å². The molecule has 0 N–H and O–H groups in total. The number of ether oxygens (including phenoxy) is 1. The van der Waals surface area contributed by atoms with E-state index in [1.165, 1.54) is 12.5 Å². The van der Waals surface area contributed by atoms with Crippen molar-refractivity contribution < 1.29 is 18.7 Å². The van der Waals surface area contributed by atoms with E-state index in [1.54, 1.807) is 17.9 Å². The number of hydrogen-bond donors (Lipinski definition) is 0. The molecular weight excluding hydrogens is 222 g/mol. The third-order valence-corrected chi connectivity index (χ3v) is 2.84. The zero-order valence-corrected chi connectivity index (χ0v) is 9.72. The van der Waals surface area contributed by atoms with Crippen molar-refractivity contribution in [1.29, 1.82) is 0 Å². The summed E-state index contributed by atoms with van der Waals surface area (Å²) in [5.74, 6) is -0.490. The third kappa shape index (κ3) is 2.33. The molecule has 1 atom stereocenters. The largest absolute Gasteiger partial charge is 0.472 e. The lowest BCUT2D eigenvalue weighted by molar-refractivity contribution is -0.147. The SMILES string of the molecule is CCOC(=O)C1CCCN1C(=O)c1ccoc1. The number of rotatable bonds is 3. The van der Waals surface area contributed by atoms with E-state index in [1.807, 2.05) is 0 Å². The topological polar surface area (TPSA) is 59.8 Å². The molecule has 2 heterocycles. The summed E-state index contributed by atoms with van der Waals surface area (Å²) in [6, 6.07) is 1.15. The highest BCUT2D eigenvalue weighted by atomic mass is 16.5. The van der Waals surface area contributed by atoms with Gasteiger partial charge in [-0.25, -0.2) is 4.79 Å². The smallest absolute Gasteiger partial charge is 0.328 e. The number of carbonyl (C=O) groups is 2. The molecule has 1 aliphatic heterocycles. The van der Waals surface area contributed by atoms with E-state index >= 15 is 0 Å². The molecule has 1 aromatic heterocycles. The van der Waals surface area contributed by atoms with Gasteiger partial charge in [-0.15, -0.1) is 0 Å². The number of nitrogens with zero attached hydrogens (tertiary/aromatic N) is 1. The summed E-state index contributed by atoms with van der Waals surface area (Å²) in [6.45, 7) is 2.69. The highest BCUT2D eigenvalue weighted by molar-refractivity contribution is 5.96. The second kappa shape index (κ2) is 5.03. The van der Waals surface area contributed by atoms with Crippen LogP contribution < -0.4 is 0 Å². The predicted octanol–water partition coefficient (Wildman–Crippen LogP) is 1.45. The second-order valence-corrected chi connectivity index (χ2v) is 3.92. The molecule has 92 valence electrons. The number of carbonyl (C=O) groups excluding carboxylic acids is 2. The number of likely N-dealkylation sites (tertiary alicyclic amines) is 1. The lowest BCUT2D eigenvalue weighted by Crippen LogP contribution is -2.41. The minimum atomic E-state index is -0.447. The molecule has 0 bridgehead atoms. The molecule has 1 unspecified atom stereocenters. The van der Waals surface area contributed by atoms with E-state index < -0.39 is 6.04 Å². The second-order valence-electron chi connectivity index (χ2n) is 3.92. The van der Waals surface area contributed by atoms with Crippen molar-refractivity contribution in [1.82, 2.24) is 4.90 Å². The van der Waals surface area contributed by atoms with E-state index in [-0.39, 0.29) is 11.9 Å². The fourth-order valence-electron chi connectivity index (χ4n) is 2.05. The molecule has 5 nitrogen and oxygen atoms in total. The number of esters is 1. The molecule has 0 aliphatic carbocycles. The number of hydrogen-bond acceptors (Lipinski definition) is 4. The van der Waals surface area contributed by atoms with E-state index in [0.717, 1.165) is 6.42 Å². The Morgan fingerprint density at radius 1 is 1.59 bits per heavy atom. The van der Waals surface area contributed by atoms with Crippen molar-refractivity contribution in [3.8, 4) is 0 Å². The van der Waals surface area contributed by atoms with Crippen LogP contribution >= 0.6 is 0 Å². The first kappa shape index (κ1) is 11.7. The van der Waals surface area contributed by atoms with Crippen LogP contribution in [0.3, 0.4) is 0 Å². The van der Waals surface area contributed by atoms with Gasteiger partial charge < -0.3 is 14.1 Å². The van der Waals surface area contributed by atoms with Gasteiger partial charge >= 0.3 is 5.97 Å². The van der Waals surface area contributed by atoms with Gasteiger partial charge in [0.15, 0.2) is 0 Å². The molecule has 2 rings (SSSR count). The Kier molecular flexibility index (Phi) is 3.46. The number of furan rings is 1. The summed E-state index contributed by atoms with van der Waals surface area (Å²) >= 11 is 0. The van der Waals surface area contributed by atoms with E-state index in [9.17, 15) is 9.59 Å². The Morgan fingerprint density at radius 3 is 3.06 bits per heavy atom. The maximum atomic E-state index is 12.1. The van der Waals surface area contributed by atoms with Gasteiger partial charge in [0.1, 0.15) is 12.3 Å². The quantitative estimate of drug-likeness (QED) is 0.746. The molecule has 1 aliphatic rings. The average Bonchev–Trinajstić information content (AvgIpc) is 3.00.